The number of amides is 1. The van der Waals surface area contributed by atoms with Crippen LogP contribution >= 0.6 is 0 Å². The first-order valence-electron chi connectivity index (χ1n) is 7.63. The maximum atomic E-state index is 12.7. The van der Waals surface area contributed by atoms with Gasteiger partial charge in [0.15, 0.2) is 0 Å². The van der Waals surface area contributed by atoms with Gasteiger partial charge in [-0.05, 0) is 54.7 Å². The highest BCUT2D eigenvalue weighted by Crippen LogP contribution is 2.36. The van der Waals surface area contributed by atoms with Gasteiger partial charge >= 0.3 is 0 Å². The van der Waals surface area contributed by atoms with Gasteiger partial charge in [0.25, 0.3) is 0 Å². The molecular formula is C19H21NO2. The molecule has 0 aliphatic heterocycles. The van der Waals surface area contributed by atoms with Crippen molar-refractivity contribution in [3.05, 3.63) is 59.7 Å². The summed E-state index contributed by atoms with van der Waals surface area (Å²) in [7, 11) is 1.63. The zero-order chi connectivity index (χ0) is 15.6. The summed E-state index contributed by atoms with van der Waals surface area (Å²) in [5, 5.41) is 3.04. The molecule has 2 aromatic carbocycles. The normalized spacial score (nSPS) is 20.1. The predicted molar refractivity (Wildman–Crippen MR) is 88.2 cm³/mol. The molecule has 1 aliphatic carbocycles. The van der Waals surface area contributed by atoms with Gasteiger partial charge in [-0.1, -0.05) is 31.2 Å². The van der Waals surface area contributed by atoms with Crippen LogP contribution in [0.15, 0.2) is 48.5 Å². The molecule has 0 aromatic heterocycles. The maximum absolute atomic E-state index is 12.7. The van der Waals surface area contributed by atoms with Crippen molar-refractivity contribution >= 4 is 11.6 Å². The Labute approximate surface area is 131 Å². The van der Waals surface area contributed by atoms with E-state index in [0.717, 1.165) is 30.7 Å². The number of carbonyl (C=O) groups excluding carboxylic acids is 1. The third-order valence-corrected chi connectivity index (χ3v) is 4.54. The van der Waals surface area contributed by atoms with E-state index in [9.17, 15) is 4.79 Å². The van der Waals surface area contributed by atoms with Crippen LogP contribution in [0.4, 0.5) is 5.69 Å². The molecule has 1 atom stereocenters. The highest BCUT2D eigenvalue weighted by molar-refractivity contribution is 5.95. The molecule has 22 heavy (non-hydrogen) atoms. The maximum Gasteiger partial charge on any atom is 0.230 e. The molecule has 0 bridgehead atoms. The van der Waals surface area contributed by atoms with Gasteiger partial charge in [-0.3, -0.25) is 4.79 Å². The highest BCUT2D eigenvalue weighted by Gasteiger charge is 2.36. The fraction of sp³-hybridized carbons (Fsp3) is 0.316. The van der Waals surface area contributed by atoms with E-state index in [1.807, 2.05) is 30.3 Å². The van der Waals surface area contributed by atoms with Crippen LogP contribution in [-0.4, -0.2) is 13.0 Å². The smallest absolute Gasteiger partial charge is 0.230 e. The van der Waals surface area contributed by atoms with Gasteiger partial charge in [-0.25, -0.2) is 0 Å². The summed E-state index contributed by atoms with van der Waals surface area (Å²) in [5.41, 5.74) is 3.12. The molecular weight excluding hydrogens is 274 g/mol. The standard InChI is InChI=1S/C19H21NO2/c1-19(12-11-14-5-3-4-6-15(14)13-19)18(21)20-16-7-9-17(22-2)10-8-16/h3-10H,11-13H2,1-2H3,(H,20,21)/t19-/m1/s1. The van der Waals surface area contributed by atoms with Crippen molar-refractivity contribution in [2.24, 2.45) is 5.41 Å². The lowest BCUT2D eigenvalue weighted by Gasteiger charge is -2.33. The summed E-state index contributed by atoms with van der Waals surface area (Å²) < 4.78 is 5.14. The number of benzene rings is 2. The molecule has 1 aliphatic rings. The first-order valence-corrected chi connectivity index (χ1v) is 7.63. The van der Waals surface area contributed by atoms with Crippen LogP contribution in [0, 0.1) is 5.41 Å². The van der Waals surface area contributed by atoms with Crippen LogP contribution < -0.4 is 10.1 Å². The van der Waals surface area contributed by atoms with Crippen LogP contribution in [0.25, 0.3) is 0 Å². The summed E-state index contributed by atoms with van der Waals surface area (Å²) in [6.45, 7) is 2.06. The quantitative estimate of drug-likeness (QED) is 0.934. The number of methoxy groups -OCH3 is 1. The Bertz CT molecular complexity index is 678. The average molecular weight is 295 g/mol. The number of fused-ring (bicyclic) bond motifs is 1. The number of carbonyl (C=O) groups is 1. The minimum atomic E-state index is -0.353. The lowest BCUT2D eigenvalue weighted by Crippen LogP contribution is -2.38. The van der Waals surface area contributed by atoms with Crippen molar-refractivity contribution in [2.45, 2.75) is 26.2 Å². The molecule has 0 saturated carbocycles. The molecule has 0 spiro atoms. The number of hydrogen-bond donors (Lipinski definition) is 1. The largest absolute Gasteiger partial charge is 0.497 e. The molecule has 1 amide bonds. The molecule has 0 radical (unpaired) electrons. The fourth-order valence-corrected chi connectivity index (χ4v) is 3.04. The first-order chi connectivity index (χ1) is 10.6. The zero-order valence-electron chi connectivity index (χ0n) is 13.1. The number of anilines is 1. The van der Waals surface area contributed by atoms with Gasteiger partial charge in [0.05, 0.1) is 12.5 Å². The molecule has 3 nitrogen and oxygen atoms in total. The highest BCUT2D eigenvalue weighted by atomic mass is 16.5. The van der Waals surface area contributed by atoms with Gasteiger partial charge in [-0.2, -0.15) is 0 Å². The zero-order valence-corrected chi connectivity index (χ0v) is 13.1. The Kier molecular flexibility index (Phi) is 3.88. The lowest BCUT2D eigenvalue weighted by atomic mass is 9.72. The van der Waals surface area contributed by atoms with Crippen molar-refractivity contribution in [2.75, 3.05) is 12.4 Å². The second-order valence-electron chi connectivity index (χ2n) is 6.19. The SMILES string of the molecule is COc1ccc(NC(=O)[C@]2(C)CCc3ccccc3C2)cc1. The number of hydrogen-bond acceptors (Lipinski definition) is 2. The van der Waals surface area contributed by atoms with Crippen LogP contribution in [0.3, 0.4) is 0 Å². The van der Waals surface area contributed by atoms with Gasteiger partial charge in [0.2, 0.25) is 5.91 Å². The number of nitrogens with one attached hydrogen (secondary N) is 1. The van der Waals surface area contributed by atoms with Crippen LogP contribution in [-0.2, 0) is 17.6 Å². The minimum absolute atomic E-state index is 0.0900. The Hall–Kier alpha value is -2.29. The molecule has 3 heteroatoms. The number of rotatable bonds is 3. The second-order valence-corrected chi connectivity index (χ2v) is 6.19. The van der Waals surface area contributed by atoms with E-state index in [4.69, 9.17) is 4.74 Å². The van der Waals surface area contributed by atoms with Crippen molar-refractivity contribution in [3.63, 3.8) is 0 Å². The topological polar surface area (TPSA) is 38.3 Å². The van der Waals surface area contributed by atoms with Crippen LogP contribution in [0.2, 0.25) is 0 Å². The van der Waals surface area contributed by atoms with E-state index >= 15 is 0 Å². The van der Waals surface area contributed by atoms with Crippen LogP contribution in [0.1, 0.15) is 24.5 Å². The molecule has 0 heterocycles. The third kappa shape index (κ3) is 2.84. The summed E-state index contributed by atoms with van der Waals surface area (Å²) in [5.74, 6) is 0.878. The van der Waals surface area contributed by atoms with Gasteiger partial charge in [-0.15, -0.1) is 0 Å². The summed E-state index contributed by atoms with van der Waals surface area (Å²) in [6.07, 6.45) is 2.64. The lowest BCUT2D eigenvalue weighted by molar-refractivity contribution is -0.125. The van der Waals surface area contributed by atoms with Gasteiger partial charge < -0.3 is 10.1 Å². The summed E-state index contributed by atoms with van der Waals surface area (Å²) in [6, 6.07) is 15.9. The van der Waals surface area contributed by atoms with Crippen molar-refractivity contribution in [1.29, 1.82) is 0 Å². The van der Waals surface area contributed by atoms with Crippen molar-refractivity contribution in [3.8, 4) is 5.75 Å². The molecule has 3 rings (SSSR count). The summed E-state index contributed by atoms with van der Waals surface area (Å²) in [4.78, 5) is 12.7. The molecule has 1 N–H and O–H groups in total. The van der Waals surface area contributed by atoms with E-state index < -0.39 is 0 Å². The molecule has 0 fully saturated rings. The van der Waals surface area contributed by atoms with E-state index in [1.165, 1.54) is 11.1 Å². The Morgan fingerprint density at radius 3 is 2.45 bits per heavy atom. The molecule has 0 saturated heterocycles. The van der Waals surface area contributed by atoms with E-state index in [1.54, 1.807) is 7.11 Å². The third-order valence-electron chi connectivity index (χ3n) is 4.54. The minimum Gasteiger partial charge on any atom is -0.497 e. The summed E-state index contributed by atoms with van der Waals surface area (Å²) >= 11 is 0. The number of ether oxygens (including phenoxy) is 1. The second kappa shape index (κ2) is 5.84. The Morgan fingerprint density at radius 1 is 1.09 bits per heavy atom. The van der Waals surface area contributed by atoms with Crippen LogP contribution in [0.5, 0.6) is 5.75 Å². The monoisotopic (exact) mass is 295 g/mol. The Morgan fingerprint density at radius 2 is 1.77 bits per heavy atom. The van der Waals surface area contributed by atoms with E-state index in [2.05, 4.69) is 30.4 Å². The predicted octanol–water partition coefficient (Wildman–Crippen LogP) is 3.83. The van der Waals surface area contributed by atoms with E-state index in [0.29, 0.717) is 0 Å². The van der Waals surface area contributed by atoms with Crippen molar-refractivity contribution < 1.29 is 9.53 Å². The first kappa shape index (κ1) is 14.6. The van der Waals surface area contributed by atoms with Gasteiger partial charge in [0, 0.05) is 5.69 Å². The average Bonchev–Trinajstić information content (AvgIpc) is 2.55. The Balaban J connectivity index is 1.74. The fourth-order valence-electron chi connectivity index (χ4n) is 3.04. The van der Waals surface area contributed by atoms with Gasteiger partial charge in [0.1, 0.15) is 5.75 Å². The number of aryl methyl sites for hydroxylation is 1. The van der Waals surface area contributed by atoms with Crippen molar-refractivity contribution in [1.82, 2.24) is 0 Å². The molecule has 2 aromatic rings. The van der Waals surface area contributed by atoms with E-state index in [-0.39, 0.29) is 11.3 Å². The molecule has 114 valence electrons. The molecule has 0 unspecified atom stereocenters.